The first-order valence-electron chi connectivity index (χ1n) is 11.3. The summed E-state index contributed by atoms with van der Waals surface area (Å²) in [7, 11) is 1.65. The topological polar surface area (TPSA) is 81.1 Å². The summed E-state index contributed by atoms with van der Waals surface area (Å²) in [5.41, 5.74) is 3.00. The van der Waals surface area contributed by atoms with Gasteiger partial charge >= 0.3 is 0 Å². The Balaban J connectivity index is 1.42. The molecule has 2 heterocycles. The van der Waals surface area contributed by atoms with Crippen molar-refractivity contribution in [2.24, 2.45) is 0 Å². The molecule has 0 aliphatic carbocycles. The quantitative estimate of drug-likeness (QED) is 0.340. The number of carbonyl (C=O) groups excluding carboxylic acids is 1. The number of nitrogens with one attached hydrogen (secondary N) is 2. The first kappa shape index (κ1) is 22.7. The van der Waals surface area contributed by atoms with Crippen LogP contribution in [0.5, 0.6) is 5.75 Å². The molecule has 176 valence electrons. The number of halogens is 1. The van der Waals surface area contributed by atoms with Crippen LogP contribution in [0.3, 0.4) is 0 Å². The highest BCUT2D eigenvalue weighted by Crippen LogP contribution is 2.38. The number of hydrogen-bond acceptors (Lipinski definition) is 5. The molecule has 35 heavy (non-hydrogen) atoms. The van der Waals surface area contributed by atoms with Crippen molar-refractivity contribution in [1.29, 1.82) is 0 Å². The third-order valence-corrected chi connectivity index (χ3v) is 6.29. The molecule has 8 heteroatoms. The molecular weight excluding hydrogens is 462 g/mol. The fraction of sp³-hybridized carbons (Fsp3) is 0.148. The summed E-state index contributed by atoms with van der Waals surface area (Å²) >= 11 is 6.17. The van der Waals surface area contributed by atoms with Crippen LogP contribution in [0.15, 0.2) is 84.9 Å². The molecule has 1 aromatic heterocycles. The highest BCUT2D eigenvalue weighted by Gasteiger charge is 2.31. The minimum absolute atomic E-state index is 0.0451. The molecule has 5 rings (SSSR count). The van der Waals surface area contributed by atoms with Gasteiger partial charge in [0.25, 0.3) is 11.9 Å². The average Bonchev–Trinajstić information content (AvgIpc) is 3.30. The molecule has 4 aromatic rings. The summed E-state index contributed by atoms with van der Waals surface area (Å²) in [4.78, 5) is 17.1. The Labute approximate surface area is 208 Å². The van der Waals surface area contributed by atoms with Crippen molar-refractivity contribution in [3.05, 3.63) is 107 Å². The summed E-state index contributed by atoms with van der Waals surface area (Å²) in [5, 5.41) is 11.4. The van der Waals surface area contributed by atoms with E-state index in [-0.39, 0.29) is 23.9 Å². The summed E-state index contributed by atoms with van der Waals surface area (Å²) in [5.74, 6) is 1.28. The number of aromatic nitrogens is 3. The molecule has 2 atom stereocenters. The zero-order chi connectivity index (χ0) is 24.2. The van der Waals surface area contributed by atoms with Gasteiger partial charge in [0.2, 0.25) is 5.95 Å². The predicted molar refractivity (Wildman–Crippen MR) is 138 cm³/mol. The summed E-state index contributed by atoms with van der Waals surface area (Å²) in [6, 6.07) is 25.5. The maximum absolute atomic E-state index is 12.6. The van der Waals surface area contributed by atoms with Gasteiger partial charge in [0.15, 0.2) is 0 Å². The number of anilines is 2. The third kappa shape index (κ3) is 5.05. The van der Waals surface area contributed by atoms with Crippen LogP contribution in [0.4, 0.5) is 11.9 Å². The smallest absolute Gasteiger partial charge is 0.250 e. The first-order valence-corrected chi connectivity index (χ1v) is 11.6. The first-order chi connectivity index (χ1) is 17.1. The van der Waals surface area contributed by atoms with Crippen LogP contribution < -0.4 is 15.4 Å². The van der Waals surface area contributed by atoms with Crippen molar-refractivity contribution in [3.63, 3.8) is 0 Å². The minimum Gasteiger partial charge on any atom is -0.497 e. The lowest BCUT2D eigenvalue weighted by Gasteiger charge is -2.31. The van der Waals surface area contributed by atoms with Crippen molar-refractivity contribution < 1.29 is 9.53 Å². The fourth-order valence-corrected chi connectivity index (χ4v) is 4.36. The van der Waals surface area contributed by atoms with Gasteiger partial charge in [-0.25, -0.2) is 4.68 Å². The molecule has 1 amide bonds. The van der Waals surface area contributed by atoms with E-state index in [0.29, 0.717) is 11.0 Å². The molecular formula is C27H24ClN5O2. The number of rotatable bonds is 6. The van der Waals surface area contributed by atoms with E-state index in [1.165, 1.54) is 6.08 Å². The number of carbonyl (C=O) groups is 1. The largest absolute Gasteiger partial charge is 0.497 e. The Kier molecular flexibility index (Phi) is 6.50. The van der Waals surface area contributed by atoms with Gasteiger partial charge in [0.1, 0.15) is 5.75 Å². The molecule has 0 unspecified atom stereocenters. The summed E-state index contributed by atoms with van der Waals surface area (Å²) < 4.78 is 7.15. The van der Waals surface area contributed by atoms with E-state index in [9.17, 15) is 4.79 Å². The monoisotopic (exact) mass is 485 g/mol. The molecule has 0 saturated carbocycles. The van der Waals surface area contributed by atoms with Crippen LogP contribution in [0, 0.1) is 0 Å². The Morgan fingerprint density at radius 3 is 2.54 bits per heavy atom. The third-order valence-electron chi connectivity index (χ3n) is 5.95. The van der Waals surface area contributed by atoms with Gasteiger partial charge in [-0.3, -0.25) is 10.1 Å². The van der Waals surface area contributed by atoms with Crippen LogP contribution in [-0.2, 0) is 4.79 Å². The van der Waals surface area contributed by atoms with E-state index < -0.39 is 0 Å². The molecule has 0 bridgehead atoms. The van der Waals surface area contributed by atoms with Gasteiger partial charge in [-0.15, -0.1) is 5.10 Å². The molecule has 1 aliphatic heterocycles. The zero-order valence-corrected chi connectivity index (χ0v) is 19.8. The lowest BCUT2D eigenvalue weighted by atomic mass is 9.93. The van der Waals surface area contributed by atoms with Gasteiger partial charge < -0.3 is 10.1 Å². The number of hydrogen-bond donors (Lipinski definition) is 2. The highest BCUT2D eigenvalue weighted by molar-refractivity contribution is 6.32. The van der Waals surface area contributed by atoms with E-state index in [0.717, 1.165) is 28.9 Å². The number of benzene rings is 3. The van der Waals surface area contributed by atoms with Crippen LogP contribution in [-0.4, -0.2) is 27.8 Å². The van der Waals surface area contributed by atoms with Gasteiger partial charge in [-0.05, 0) is 47.4 Å². The molecule has 2 N–H and O–H groups in total. The standard InChI is InChI=1S/C27H24ClN5O2/c1-35-21-14-11-20(12-15-21)24-17-23(19-8-3-2-4-9-19)29-27-31-26(32-33(24)27)30-25(34)16-13-18-7-5-6-10-22(18)28/h2-16,23-24H,17H2,1H3,(H2,29,30,31,32,34)/b16-13+/t23-,24+/m0/s1. The second-order valence-electron chi connectivity index (χ2n) is 8.18. The second-order valence-corrected chi connectivity index (χ2v) is 8.59. The van der Waals surface area contributed by atoms with Crippen LogP contribution in [0.25, 0.3) is 6.08 Å². The highest BCUT2D eigenvalue weighted by atomic mass is 35.5. The second kappa shape index (κ2) is 10.0. The normalized spacial score (nSPS) is 17.0. The maximum Gasteiger partial charge on any atom is 0.250 e. The Hall–Kier alpha value is -4.10. The van der Waals surface area contributed by atoms with Gasteiger partial charge in [-0.2, -0.15) is 4.98 Å². The molecule has 7 nitrogen and oxygen atoms in total. The molecule has 0 spiro atoms. The molecule has 1 aliphatic rings. The average molecular weight is 486 g/mol. The Morgan fingerprint density at radius 1 is 1.06 bits per heavy atom. The lowest BCUT2D eigenvalue weighted by Crippen LogP contribution is -2.28. The Bertz CT molecular complexity index is 1350. The lowest BCUT2D eigenvalue weighted by molar-refractivity contribution is -0.111. The van der Waals surface area contributed by atoms with Crippen molar-refractivity contribution in [2.75, 3.05) is 17.7 Å². The summed E-state index contributed by atoms with van der Waals surface area (Å²) in [6.45, 7) is 0. The maximum atomic E-state index is 12.6. The van der Waals surface area contributed by atoms with Crippen LogP contribution in [0.1, 0.15) is 35.2 Å². The molecule has 0 saturated heterocycles. The van der Waals surface area contributed by atoms with E-state index in [2.05, 4.69) is 32.8 Å². The van der Waals surface area contributed by atoms with Crippen molar-refractivity contribution >= 4 is 35.5 Å². The predicted octanol–water partition coefficient (Wildman–Crippen LogP) is 5.74. The van der Waals surface area contributed by atoms with E-state index >= 15 is 0 Å². The van der Waals surface area contributed by atoms with Crippen LogP contribution in [0.2, 0.25) is 5.02 Å². The van der Waals surface area contributed by atoms with Gasteiger partial charge in [0.05, 0.1) is 19.2 Å². The van der Waals surface area contributed by atoms with Crippen molar-refractivity contribution in [3.8, 4) is 5.75 Å². The number of ether oxygens (including phenoxy) is 1. The van der Waals surface area contributed by atoms with E-state index in [4.69, 9.17) is 16.3 Å². The zero-order valence-electron chi connectivity index (χ0n) is 19.1. The number of fused-ring (bicyclic) bond motifs is 1. The van der Waals surface area contributed by atoms with Crippen molar-refractivity contribution in [2.45, 2.75) is 18.5 Å². The molecule has 0 fully saturated rings. The molecule has 0 radical (unpaired) electrons. The van der Waals surface area contributed by atoms with E-state index in [1.54, 1.807) is 19.3 Å². The number of methoxy groups -OCH3 is 1. The van der Waals surface area contributed by atoms with Gasteiger partial charge in [-0.1, -0.05) is 72.3 Å². The summed E-state index contributed by atoms with van der Waals surface area (Å²) in [6.07, 6.45) is 3.85. The minimum atomic E-state index is -0.339. The van der Waals surface area contributed by atoms with Crippen LogP contribution >= 0.6 is 11.6 Å². The fourth-order valence-electron chi connectivity index (χ4n) is 4.17. The van der Waals surface area contributed by atoms with E-state index in [1.807, 2.05) is 65.3 Å². The van der Waals surface area contributed by atoms with Gasteiger partial charge in [0, 0.05) is 11.1 Å². The number of nitrogens with zero attached hydrogens (tertiary/aromatic N) is 3. The SMILES string of the molecule is COc1ccc([C@H]2C[C@@H](c3ccccc3)Nc3nc(NC(=O)/C=C/c4ccccc4Cl)nn32)cc1. The molecule has 3 aromatic carbocycles. The number of amides is 1. The Morgan fingerprint density at radius 2 is 1.80 bits per heavy atom. The van der Waals surface area contributed by atoms with Crippen molar-refractivity contribution in [1.82, 2.24) is 14.8 Å².